The van der Waals surface area contributed by atoms with E-state index in [-0.39, 0.29) is 17.6 Å². The van der Waals surface area contributed by atoms with Crippen molar-refractivity contribution in [3.63, 3.8) is 0 Å². The van der Waals surface area contributed by atoms with Gasteiger partial charge in [0, 0.05) is 4.88 Å². The van der Waals surface area contributed by atoms with Gasteiger partial charge in [0.1, 0.15) is 10.8 Å². The molecule has 5 nitrogen and oxygen atoms in total. The molecule has 22 heavy (non-hydrogen) atoms. The Balaban J connectivity index is 1.90. The van der Waals surface area contributed by atoms with Gasteiger partial charge in [-0.15, -0.1) is 11.3 Å². The van der Waals surface area contributed by atoms with Crippen molar-refractivity contribution >= 4 is 28.2 Å². The Morgan fingerprint density at radius 2 is 2.18 bits per heavy atom. The summed E-state index contributed by atoms with van der Waals surface area (Å²) in [4.78, 5) is 25.6. The molecule has 2 aromatic heterocycles. The fourth-order valence-corrected chi connectivity index (χ4v) is 3.91. The molecule has 1 amide bonds. The minimum atomic E-state index is -0.368. The zero-order valence-electron chi connectivity index (χ0n) is 12.5. The summed E-state index contributed by atoms with van der Waals surface area (Å²) in [6.07, 6.45) is 2.84. The van der Waals surface area contributed by atoms with Crippen LogP contribution < -0.4 is 5.32 Å². The molecule has 3 rings (SSSR count). The van der Waals surface area contributed by atoms with Crippen LogP contribution in [0, 0.1) is 6.92 Å². The molecule has 116 valence electrons. The lowest BCUT2D eigenvalue weighted by Crippen LogP contribution is -2.14. The number of thiophene rings is 1. The maximum absolute atomic E-state index is 12.2. The highest BCUT2D eigenvalue weighted by Crippen LogP contribution is 2.39. The Kier molecular flexibility index (Phi) is 4.02. The number of carbonyl (C=O) groups is 2. The highest BCUT2D eigenvalue weighted by atomic mass is 32.1. The Hall–Kier alpha value is -2.08. The van der Waals surface area contributed by atoms with Crippen molar-refractivity contribution in [2.75, 3.05) is 11.9 Å². The summed E-state index contributed by atoms with van der Waals surface area (Å²) in [6, 6.07) is 3.35. The third kappa shape index (κ3) is 2.66. The first-order chi connectivity index (χ1) is 10.6. The van der Waals surface area contributed by atoms with Gasteiger partial charge < -0.3 is 14.5 Å². The SMILES string of the molecule is CCOC(=O)c1c(NC(=O)c2ccc(C)o2)sc2c1CCC2. The Labute approximate surface area is 132 Å². The van der Waals surface area contributed by atoms with E-state index in [2.05, 4.69) is 5.32 Å². The van der Waals surface area contributed by atoms with E-state index < -0.39 is 0 Å². The highest BCUT2D eigenvalue weighted by Gasteiger charge is 2.28. The molecule has 0 saturated heterocycles. The zero-order chi connectivity index (χ0) is 15.7. The zero-order valence-corrected chi connectivity index (χ0v) is 13.3. The maximum atomic E-state index is 12.2. The van der Waals surface area contributed by atoms with Crippen LogP contribution >= 0.6 is 11.3 Å². The molecule has 0 radical (unpaired) electrons. The molecule has 0 saturated carbocycles. The van der Waals surface area contributed by atoms with Crippen LogP contribution in [0.15, 0.2) is 16.5 Å². The predicted molar refractivity (Wildman–Crippen MR) is 83.7 cm³/mol. The fourth-order valence-electron chi connectivity index (χ4n) is 2.63. The lowest BCUT2D eigenvalue weighted by atomic mass is 10.1. The van der Waals surface area contributed by atoms with Gasteiger partial charge in [0.05, 0.1) is 12.2 Å². The lowest BCUT2D eigenvalue weighted by molar-refractivity contribution is 0.0527. The molecular weight excluding hydrogens is 302 g/mol. The van der Waals surface area contributed by atoms with E-state index in [1.54, 1.807) is 26.0 Å². The molecule has 6 heteroatoms. The molecule has 0 spiro atoms. The van der Waals surface area contributed by atoms with Gasteiger partial charge >= 0.3 is 5.97 Å². The molecule has 0 aromatic carbocycles. The van der Waals surface area contributed by atoms with E-state index >= 15 is 0 Å². The van der Waals surface area contributed by atoms with E-state index in [0.717, 1.165) is 29.7 Å². The van der Waals surface area contributed by atoms with Gasteiger partial charge in [0.2, 0.25) is 0 Å². The van der Waals surface area contributed by atoms with Gasteiger partial charge in [-0.1, -0.05) is 0 Å². The Morgan fingerprint density at radius 3 is 2.86 bits per heavy atom. The molecule has 0 unspecified atom stereocenters. The summed E-state index contributed by atoms with van der Waals surface area (Å²) in [7, 11) is 0. The molecular formula is C16H17NO4S. The first kappa shape index (κ1) is 14.8. The van der Waals surface area contributed by atoms with E-state index in [1.165, 1.54) is 11.3 Å². The first-order valence-electron chi connectivity index (χ1n) is 7.29. The first-order valence-corrected chi connectivity index (χ1v) is 8.11. The number of amides is 1. The number of furan rings is 1. The summed E-state index contributed by atoms with van der Waals surface area (Å²) in [5.41, 5.74) is 1.53. The van der Waals surface area contributed by atoms with Crippen molar-refractivity contribution in [2.45, 2.75) is 33.1 Å². The second-order valence-corrected chi connectivity index (χ2v) is 6.25. The van der Waals surface area contributed by atoms with Crippen molar-refractivity contribution < 1.29 is 18.7 Å². The summed E-state index contributed by atoms with van der Waals surface area (Å²) >= 11 is 1.46. The molecule has 0 bridgehead atoms. The van der Waals surface area contributed by atoms with Crippen LogP contribution in [0.4, 0.5) is 5.00 Å². The molecule has 1 aliphatic carbocycles. The third-order valence-corrected chi connectivity index (χ3v) is 4.80. The summed E-state index contributed by atoms with van der Waals surface area (Å²) < 4.78 is 10.5. The van der Waals surface area contributed by atoms with Crippen LogP contribution in [0.25, 0.3) is 0 Å². The fraction of sp³-hybridized carbons (Fsp3) is 0.375. The van der Waals surface area contributed by atoms with Crippen molar-refractivity contribution in [3.8, 4) is 0 Å². The topological polar surface area (TPSA) is 68.5 Å². The Morgan fingerprint density at radius 1 is 1.36 bits per heavy atom. The van der Waals surface area contributed by atoms with Crippen LogP contribution in [0.5, 0.6) is 0 Å². The molecule has 0 fully saturated rings. The number of hydrogen-bond donors (Lipinski definition) is 1. The maximum Gasteiger partial charge on any atom is 0.341 e. The number of carbonyl (C=O) groups excluding carboxylic acids is 2. The molecule has 2 aromatic rings. The van der Waals surface area contributed by atoms with E-state index in [0.29, 0.717) is 22.9 Å². The van der Waals surface area contributed by atoms with Gasteiger partial charge in [0.25, 0.3) is 5.91 Å². The third-order valence-electron chi connectivity index (χ3n) is 3.59. The van der Waals surface area contributed by atoms with Crippen molar-refractivity contribution in [3.05, 3.63) is 39.7 Å². The van der Waals surface area contributed by atoms with E-state index in [9.17, 15) is 9.59 Å². The second kappa shape index (κ2) is 5.96. The quantitative estimate of drug-likeness (QED) is 0.875. The van der Waals surface area contributed by atoms with Gasteiger partial charge in [-0.3, -0.25) is 4.79 Å². The van der Waals surface area contributed by atoms with Crippen LogP contribution in [0.1, 0.15) is 50.5 Å². The standard InChI is InChI=1S/C16H17NO4S/c1-3-20-16(19)13-10-5-4-6-12(10)22-15(13)17-14(18)11-8-7-9(2)21-11/h7-8H,3-6H2,1-2H3,(H,17,18). The Bertz CT molecular complexity index is 729. The smallest absolute Gasteiger partial charge is 0.341 e. The normalized spacial score (nSPS) is 13.0. The van der Waals surface area contributed by atoms with Gasteiger partial charge in [-0.05, 0) is 50.8 Å². The number of esters is 1. The number of ether oxygens (including phenoxy) is 1. The van der Waals surface area contributed by atoms with Crippen molar-refractivity contribution in [1.82, 2.24) is 0 Å². The van der Waals surface area contributed by atoms with Crippen molar-refractivity contribution in [1.29, 1.82) is 0 Å². The second-order valence-electron chi connectivity index (χ2n) is 5.15. The van der Waals surface area contributed by atoms with Gasteiger partial charge in [-0.2, -0.15) is 0 Å². The number of rotatable bonds is 4. The number of hydrogen-bond acceptors (Lipinski definition) is 5. The van der Waals surface area contributed by atoms with Gasteiger partial charge in [-0.25, -0.2) is 4.79 Å². The minimum Gasteiger partial charge on any atom is -0.462 e. The largest absolute Gasteiger partial charge is 0.462 e. The predicted octanol–water partition coefficient (Wildman–Crippen LogP) is 3.57. The summed E-state index contributed by atoms with van der Waals surface area (Å²) in [5.74, 6) is 0.191. The van der Waals surface area contributed by atoms with E-state index in [1.807, 2.05) is 0 Å². The van der Waals surface area contributed by atoms with Crippen LogP contribution in [-0.4, -0.2) is 18.5 Å². The van der Waals surface area contributed by atoms with E-state index in [4.69, 9.17) is 9.15 Å². The molecule has 0 atom stereocenters. The molecule has 1 N–H and O–H groups in total. The average Bonchev–Trinajstić information content (AvgIpc) is 3.14. The minimum absolute atomic E-state index is 0.237. The van der Waals surface area contributed by atoms with Crippen molar-refractivity contribution in [2.24, 2.45) is 0 Å². The molecule has 2 heterocycles. The molecule has 1 aliphatic rings. The van der Waals surface area contributed by atoms with Crippen LogP contribution in [-0.2, 0) is 17.6 Å². The number of nitrogens with one attached hydrogen (secondary N) is 1. The number of anilines is 1. The van der Waals surface area contributed by atoms with Crippen LogP contribution in [0.2, 0.25) is 0 Å². The monoisotopic (exact) mass is 319 g/mol. The summed E-state index contributed by atoms with van der Waals surface area (Å²) in [6.45, 7) is 3.86. The number of fused-ring (bicyclic) bond motifs is 1. The highest BCUT2D eigenvalue weighted by molar-refractivity contribution is 7.17. The van der Waals surface area contributed by atoms with Crippen LogP contribution in [0.3, 0.4) is 0 Å². The lowest BCUT2D eigenvalue weighted by Gasteiger charge is -2.07. The molecule has 0 aliphatic heterocycles. The van der Waals surface area contributed by atoms with Gasteiger partial charge in [0.15, 0.2) is 5.76 Å². The number of aryl methyl sites for hydroxylation is 2. The summed E-state index contributed by atoms with van der Waals surface area (Å²) in [5, 5.41) is 3.35. The average molecular weight is 319 g/mol.